The molecule has 12 amide bonds. The molecule has 2 aliphatic carbocycles. The fraction of sp³-hybridized carbons (Fsp3) is 0.840. The summed E-state index contributed by atoms with van der Waals surface area (Å²) in [5.74, 6) is -10.4. The molecule has 7 N–H and O–H groups in total. The highest BCUT2D eigenvalue weighted by molar-refractivity contribution is 6.20. The van der Waals surface area contributed by atoms with Gasteiger partial charge < -0.3 is 75.8 Å². The summed E-state index contributed by atoms with van der Waals surface area (Å²) in [6, 6.07) is -13.6. The fourth-order valence-electron chi connectivity index (χ4n) is 14.6. The van der Waals surface area contributed by atoms with Crippen LogP contribution in [0.3, 0.4) is 0 Å². The van der Waals surface area contributed by atoms with Crippen LogP contribution in [-0.4, -0.2) is 268 Å². The third-order valence-electron chi connectivity index (χ3n) is 20.6. The number of likely N-dealkylation sites (N-methyl/N-ethyl adjacent to an activating group) is 6. The lowest BCUT2D eigenvalue weighted by Gasteiger charge is -2.39. The summed E-state index contributed by atoms with van der Waals surface area (Å²) in [6.45, 7) is 21.7. The van der Waals surface area contributed by atoms with Crippen LogP contribution in [0.2, 0.25) is 0 Å². The van der Waals surface area contributed by atoms with Crippen LogP contribution < -0.4 is 26.6 Å². The number of hydrogen-bond donors (Lipinski definition) is 7. The van der Waals surface area contributed by atoms with Gasteiger partial charge in [0.05, 0.1) is 37.9 Å². The molecule has 2 heterocycles. The number of carbonyl (C=O) groups excluding carboxylic acids is 12. The van der Waals surface area contributed by atoms with Gasteiger partial charge in [-0.3, -0.25) is 57.5 Å². The molecule has 0 aromatic heterocycles. The summed E-state index contributed by atoms with van der Waals surface area (Å²) >= 11 is 6.80. The zero-order chi connectivity index (χ0) is 77.7. The molecule has 0 bridgehead atoms. The average Bonchev–Trinajstić information content (AvgIpc) is 0.818. The molecule has 4 aliphatic rings. The van der Waals surface area contributed by atoms with Gasteiger partial charge in [-0.1, -0.05) is 114 Å². The number of nitrogens with zero attached hydrogens (tertiary/aromatic N) is 7. The Balaban J connectivity index is 1.99. The number of nitrogens with one attached hydrogen (secondary N) is 5. The molecule has 2 aliphatic heterocycles. The Morgan fingerprint density at radius 3 is 1.49 bits per heavy atom. The first-order valence-corrected chi connectivity index (χ1v) is 38.5. The van der Waals surface area contributed by atoms with E-state index in [-0.39, 0.29) is 86.0 Å². The third kappa shape index (κ3) is 27.6. The number of likely N-dealkylation sites (tertiary alicyclic amines) is 1. The van der Waals surface area contributed by atoms with Crippen LogP contribution in [0.15, 0.2) is 0 Å². The number of ether oxygens (including phenoxy) is 1. The normalized spacial score (nSPS) is 28.3. The van der Waals surface area contributed by atoms with Crippen molar-refractivity contribution in [1.29, 1.82) is 0 Å². The Morgan fingerprint density at radius 1 is 0.505 bits per heavy atom. The molecule has 0 aromatic carbocycles. The zero-order valence-corrected chi connectivity index (χ0v) is 66.4. The maximum absolute atomic E-state index is 15.7. The Kier molecular flexibility index (Phi) is 36.1. The van der Waals surface area contributed by atoms with Crippen LogP contribution in [0.1, 0.15) is 212 Å². The van der Waals surface area contributed by atoms with Crippen molar-refractivity contribution < 1.29 is 72.5 Å². The van der Waals surface area contributed by atoms with E-state index < -0.39 is 168 Å². The third-order valence-corrected chi connectivity index (χ3v) is 21.0. The Bertz CT molecular complexity index is 2840. The van der Waals surface area contributed by atoms with Crippen LogP contribution in [0.4, 0.5) is 0 Å². The molecule has 103 heavy (non-hydrogen) atoms. The molecule has 588 valence electrons. The average molecular weight is 1480 g/mol. The first-order valence-electron chi connectivity index (χ1n) is 38.0. The van der Waals surface area contributed by atoms with Crippen LogP contribution in [0.5, 0.6) is 0 Å². The molecule has 28 heteroatoms. The number of amides is 12. The van der Waals surface area contributed by atoms with Gasteiger partial charge in [0.2, 0.25) is 70.9 Å². The van der Waals surface area contributed by atoms with E-state index in [1.807, 2.05) is 55.4 Å². The maximum atomic E-state index is 15.7. The van der Waals surface area contributed by atoms with Crippen LogP contribution in [0.25, 0.3) is 0 Å². The number of halogens is 1. The highest BCUT2D eigenvalue weighted by atomic mass is 35.5. The molecular weight excluding hydrogens is 1340 g/mol. The number of aliphatic hydroxyl groups is 2. The molecule has 0 radical (unpaired) electrons. The number of hydrogen-bond acceptors (Lipinski definition) is 15. The Morgan fingerprint density at radius 2 is 0.961 bits per heavy atom. The monoisotopic (exact) mass is 1470 g/mol. The summed E-state index contributed by atoms with van der Waals surface area (Å²) in [5.41, 5.74) is -1.40. The lowest BCUT2D eigenvalue weighted by atomic mass is 9.83. The fourth-order valence-corrected chi connectivity index (χ4v) is 15.0. The smallest absolute Gasteiger partial charge is 0.248 e. The number of rotatable bonds is 19. The predicted molar refractivity (Wildman–Crippen MR) is 394 cm³/mol. The van der Waals surface area contributed by atoms with Gasteiger partial charge in [-0.2, -0.15) is 0 Å². The second-order valence-electron chi connectivity index (χ2n) is 32.8. The minimum absolute atomic E-state index is 0.0109. The number of aliphatic hydroxyl groups excluding tert-OH is 1. The summed E-state index contributed by atoms with van der Waals surface area (Å²) in [5, 5.41) is 36.0. The van der Waals surface area contributed by atoms with E-state index in [9.17, 15) is 34.2 Å². The molecule has 2 unspecified atom stereocenters. The van der Waals surface area contributed by atoms with Gasteiger partial charge in [-0.25, -0.2) is 0 Å². The van der Waals surface area contributed by atoms with E-state index in [0.29, 0.717) is 38.8 Å². The standard InChI is InChI=1S/C75H131ClN12O15/c1-44(2)33-53-69(96)84(16)58(36-47(7)8)68(95)81-64(49(11)89)73(100)82(14)41-62(91)83(15)56(34-45(3)4)65(92)79-55(42-103-43-75(12,13)102)70(97)87(19)60(39-51-29-26-30-52(76)37-51)72(99)85(17)57(35-46(5)6)66(93)78-54(71(98)88-31-24-21-25-32-88)40-61(90)80-63(48(9)10)74(101)86(18)59(67(94)77-53)38-50-27-22-20-23-28-50/h44-60,63-64,89,102H,20-43H2,1-19H3,(H,77,94)(H,78,93)(H,79,92)(H,80,90)(H,81,95)/t49-,51?,52?,53+,54+,55+,56+,57+,58+,59+,60+,63-,64+/m1/s1. The summed E-state index contributed by atoms with van der Waals surface area (Å²) < 4.78 is 5.95. The van der Waals surface area contributed by atoms with Gasteiger partial charge in [0.1, 0.15) is 60.4 Å². The molecule has 27 nitrogen and oxygen atoms in total. The second-order valence-corrected chi connectivity index (χ2v) is 33.4. The minimum atomic E-state index is -1.66. The largest absolute Gasteiger partial charge is 0.391 e. The maximum Gasteiger partial charge on any atom is 0.248 e. The molecule has 0 aromatic rings. The number of carbonyl (C=O) groups is 12. The molecule has 2 saturated heterocycles. The number of piperidine rings is 1. The summed E-state index contributed by atoms with van der Waals surface area (Å²) in [4.78, 5) is 189. The van der Waals surface area contributed by atoms with Crippen molar-refractivity contribution >= 4 is 82.5 Å². The SMILES string of the molecule is CC(C)C[C@@H]1NC(=O)[C@H](CC2CCCCC2)N(C)C(=O)[C@@H](C(C)C)NC(=O)C[C@@H](C(=O)N2CCCCC2)NC(=O)[C@H](CC(C)C)N(C)C(=O)[C@H](CC2CCCC(Cl)C2)N(C)C(=O)[C@H](COCC(C)(C)O)NC(=O)[C@H](CC(C)C)N(C)C(=O)CN(C)C(=O)[C@H]([C@@H](C)O)NC(=O)[C@H](CC(C)C)N(C)C1=O. The van der Waals surface area contributed by atoms with Crippen molar-refractivity contribution in [2.45, 2.75) is 290 Å². The van der Waals surface area contributed by atoms with Crippen molar-refractivity contribution in [3.05, 3.63) is 0 Å². The molecule has 2 saturated carbocycles. The van der Waals surface area contributed by atoms with E-state index in [2.05, 4.69) is 26.6 Å². The quantitative estimate of drug-likeness (QED) is 0.0870. The minimum Gasteiger partial charge on any atom is -0.391 e. The summed E-state index contributed by atoms with van der Waals surface area (Å²) in [7, 11) is 8.41. The van der Waals surface area contributed by atoms with Gasteiger partial charge in [-0.15, -0.1) is 11.6 Å². The highest BCUT2D eigenvalue weighted by Gasteiger charge is 2.45. The zero-order valence-electron chi connectivity index (χ0n) is 65.7. The van der Waals surface area contributed by atoms with Gasteiger partial charge in [0, 0.05) is 60.8 Å². The van der Waals surface area contributed by atoms with E-state index in [1.54, 1.807) is 18.7 Å². The van der Waals surface area contributed by atoms with Gasteiger partial charge in [-0.05, 0) is 133 Å². The second kappa shape index (κ2) is 41.6. The topological polar surface area (TPSA) is 337 Å². The Labute approximate surface area is 619 Å². The van der Waals surface area contributed by atoms with Gasteiger partial charge in [0.15, 0.2) is 0 Å². The molecule has 13 atom stereocenters. The highest BCUT2D eigenvalue weighted by Crippen LogP contribution is 2.34. The Hall–Kier alpha value is -6.19. The molecular formula is C75H131ClN12O15. The van der Waals surface area contributed by atoms with E-state index in [0.717, 1.165) is 61.2 Å². The van der Waals surface area contributed by atoms with Crippen molar-refractivity contribution in [2.24, 2.45) is 41.4 Å². The lowest BCUT2D eigenvalue weighted by molar-refractivity contribution is -0.152. The van der Waals surface area contributed by atoms with Gasteiger partial charge in [0.25, 0.3) is 0 Å². The van der Waals surface area contributed by atoms with Gasteiger partial charge >= 0.3 is 0 Å². The number of alkyl halides is 1. The van der Waals surface area contributed by atoms with E-state index in [1.165, 1.54) is 82.7 Å². The van der Waals surface area contributed by atoms with Crippen molar-refractivity contribution in [3.8, 4) is 0 Å². The van der Waals surface area contributed by atoms with Crippen molar-refractivity contribution in [1.82, 2.24) is 60.9 Å². The van der Waals surface area contributed by atoms with Crippen LogP contribution in [-0.2, 0) is 62.3 Å². The van der Waals surface area contributed by atoms with Crippen molar-refractivity contribution in [2.75, 3.05) is 75.1 Å². The molecule has 4 fully saturated rings. The summed E-state index contributed by atoms with van der Waals surface area (Å²) in [6.07, 6.45) is 7.61. The lowest BCUT2D eigenvalue weighted by Crippen LogP contribution is -2.62. The van der Waals surface area contributed by atoms with Crippen LogP contribution >= 0.6 is 11.6 Å². The van der Waals surface area contributed by atoms with E-state index >= 15 is 33.6 Å². The first kappa shape index (κ1) is 89.2. The predicted octanol–water partition coefficient (Wildman–Crippen LogP) is 4.59. The van der Waals surface area contributed by atoms with Crippen LogP contribution in [0, 0.1) is 41.4 Å². The first-order chi connectivity index (χ1) is 48.0. The van der Waals surface area contributed by atoms with Crippen molar-refractivity contribution in [3.63, 3.8) is 0 Å². The molecule has 4 rings (SSSR count). The molecule has 0 spiro atoms. The van der Waals surface area contributed by atoms with E-state index in [4.69, 9.17) is 16.3 Å².